The van der Waals surface area contributed by atoms with Crippen LogP contribution in [-0.4, -0.2) is 15.7 Å². The van der Waals surface area contributed by atoms with Crippen LogP contribution in [0.15, 0.2) is 66.7 Å². The molecule has 4 aromatic rings. The lowest BCUT2D eigenvalue weighted by molar-refractivity contribution is 0.102. The largest absolute Gasteiger partial charge is 0.489 e. The van der Waals surface area contributed by atoms with Gasteiger partial charge in [-0.15, -0.1) is 0 Å². The van der Waals surface area contributed by atoms with Gasteiger partial charge in [0.25, 0.3) is 5.91 Å². The summed E-state index contributed by atoms with van der Waals surface area (Å²) in [6.07, 6.45) is 0. The van der Waals surface area contributed by atoms with Crippen LogP contribution in [-0.2, 0) is 13.2 Å². The van der Waals surface area contributed by atoms with Gasteiger partial charge in [0.1, 0.15) is 18.2 Å². The van der Waals surface area contributed by atoms with Crippen LogP contribution in [0.5, 0.6) is 5.75 Å². The molecule has 5 nitrogen and oxygen atoms in total. The zero-order chi connectivity index (χ0) is 24.2. The summed E-state index contributed by atoms with van der Waals surface area (Å²) in [6, 6.07) is 19.4. The molecule has 0 aliphatic carbocycles. The van der Waals surface area contributed by atoms with Crippen LogP contribution >= 0.6 is 11.6 Å². The van der Waals surface area contributed by atoms with Crippen LogP contribution in [0.3, 0.4) is 0 Å². The number of hydrogen-bond acceptors (Lipinski definition) is 3. The minimum absolute atomic E-state index is 0.238. The van der Waals surface area contributed by atoms with Crippen LogP contribution < -0.4 is 10.1 Å². The highest BCUT2D eigenvalue weighted by Gasteiger charge is 2.16. The minimum Gasteiger partial charge on any atom is -0.489 e. The summed E-state index contributed by atoms with van der Waals surface area (Å²) >= 11 is 6.05. The summed E-state index contributed by atoms with van der Waals surface area (Å²) in [4.78, 5) is 12.8. The fourth-order valence-corrected chi connectivity index (χ4v) is 3.75. The Kier molecular flexibility index (Phi) is 6.98. The van der Waals surface area contributed by atoms with E-state index in [9.17, 15) is 9.18 Å². The van der Waals surface area contributed by atoms with E-state index in [1.807, 2.05) is 51.1 Å². The first-order valence-corrected chi connectivity index (χ1v) is 11.3. The Labute approximate surface area is 203 Å². The summed E-state index contributed by atoms with van der Waals surface area (Å²) < 4.78 is 21.6. The molecule has 1 N–H and O–H groups in total. The summed E-state index contributed by atoms with van der Waals surface area (Å²) in [5.74, 6) is 0.218. The SMILES string of the molecule is Cc1cc(OCc2ccc(C(=O)Nc3c(C)nn(Cc4ccccc4F)c3C)cc2)ccc1Cl. The number of nitrogens with one attached hydrogen (secondary N) is 1. The Morgan fingerprint density at radius 2 is 1.79 bits per heavy atom. The molecule has 3 aromatic carbocycles. The van der Waals surface area contributed by atoms with E-state index in [1.165, 1.54) is 6.07 Å². The van der Waals surface area contributed by atoms with E-state index in [4.69, 9.17) is 16.3 Å². The molecule has 0 aliphatic rings. The Morgan fingerprint density at radius 3 is 2.50 bits per heavy atom. The second kappa shape index (κ2) is 10.1. The lowest BCUT2D eigenvalue weighted by Gasteiger charge is -2.10. The number of carbonyl (C=O) groups excluding carboxylic acids is 1. The average molecular weight is 478 g/mol. The number of nitrogens with zero attached hydrogens (tertiary/aromatic N) is 2. The number of halogens is 2. The number of aryl methyl sites for hydroxylation is 2. The second-order valence-corrected chi connectivity index (χ2v) is 8.55. The smallest absolute Gasteiger partial charge is 0.255 e. The van der Waals surface area contributed by atoms with E-state index in [-0.39, 0.29) is 18.3 Å². The van der Waals surface area contributed by atoms with Crippen molar-refractivity contribution < 1.29 is 13.9 Å². The third kappa shape index (κ3) is 5.29. The molecule has 4 rings (SSSR count). The highest BCUT2D eigenvalue weighted by Crippen LogP contribution is 2.23. The maximum atomic E-state index is 14.0. The molecule has 0 fully saturated rings. The van der Waals surface area contributed by atoms with Gasteiger partial charge in [-0.1, -0.05) is 41.9 Å². The average Bonchev–Trinajstić information content (AvgIpc) is 3.09. The van der Waals surface area contributed by atoms with Gasteiger partial charge in [-0.25, -0.2) is 4.39 Å². The number of carbonyl (C=O) groups is 1. The number of rotatable bonds is 7. The number of hydrogen-bond donors (Lipinski definition) is 1. The summed E-state index contributed by atoms with van der Waals surface area (Å²) in [7, 11) is 0. The first-order valence-electron chi connectivity index (χ1n) is 10.9. The lowest BCUT2D eigenvalue weighted by atomic mass is 10.1. The third-order valence-electron chi connectivity index (χ3n) is 5.65. The predicted molar refractivity (Wildman–Crippen MR) is 132 cm³/mol. The first-order chi connectivity index (χ1) is 16.3. The lowest BCUT2D eigenvalue weighted by Crippen LogP contribution is -2.13. The van der Waals surface area contributed by atoms with Crippen LogP contribution in [0, 0.1) is 26.6 Å². The minimum atomic E-state index is -0.282. The van der Waals surface area contributed by atoms with Crippen molar-refractivity contribution in [3.63, 3.8) is 0 Å². The van der Waals surface area contributed by atoms with Gasteiger partial charge in [0, 0.05) is 16.1 Å². The molecule has 0 aliphatic heterocycles. The molecule has 0 radical (unpaired) electrons. The zero-order valence-corrected chi connectivity index (χ0v) is 20.0. The molecule has 0 unspecified atom stereocenters. The molecule has 7 heteroatoms. The fourth-order valence-electron chi connectivity index (χ4n) is 3.63. The highest BCUT2D eigenvalue weighted by atomic mass is 35.5. The maximum absolute atomic E-state index is 14.0. The quantitative estimate of drug-likeness (QED) is 0.331. The third-order valence-corrected chi connectivity index (χ3v) is 6.07. The highest BCUT2D eigenvalue weighted by molar-refractivity contribution is 6.31. The molecule has 1 heterocycles. The van der Waals surface area contributed by atoms with Crippen LogP contribution in [0.2, 0.25) is 5.02 Å². The summed E-state index contributed by atoms with van der Waals surface area (Å²) in [5, 5.41) is 8.13. The number of aromatic nitrogens is 2. The molecule has 1 aromatic heterocycles. The van der Waals surface area contributed by atoms with E-state index in [1.54, 1.807) is 35.0 Å². The van der Waals surface area contributed by atoms with E-state index in [0.717, 1.165) is 22.6 Å². The van der Waals surface area contributed by atoms with Gasteiger partial charge in [0.05, 0.1) is 23.6 Å². The molecule has 174 valence electrons. The van der Waals surface area contributed by atoms with Crippen molar-refractivity contribution in [2.45, 2.75) is 33.9 Å². The Balaban J connectivity index is 1.41. The Hall–Kier alpha value is -3.64. The van der Waals surface area contributed by atoms with Gasteiger partial charge < -0.3 is 10.1 Å². The van der Waals surface area contributed by atoms with Crippen molar-refractivity contribution >= 4 is 23.2 Å². The predicted octanol–water partition coefficient (Wildman–Crippen LogP) is 6.48. The van der Waals surface area contributed by atoms with E-state index in [0.29, 0.717) is 34.1 Å². The van der Waals surface area contributed by atoms with Crippen LogP contribution in [0.4, 0.5) is 10.1 Å². The molecule has 0 saturated heterocycles. The number of anilines is 1. The van der Waals surface area contributed by atoms with Crippen LogP contribution in [0.25, 0.3) is 0 Å². The standard InChI is InChI=1S/C27H25ClFN3O2/c1-17-14-23(12-13-24(17)28)34-16-20-8-10-21(11-9-20)27(33)30-26-18(2)31-32(19(26)3)15-22-6-4-5-7-25(22)29/h4-14H,15-16H2,1-3H3,(H,30,33). The van der Waals surface area contributed by atoms with Gasteiger partial charge in [-0.2, -0.15) is 5.10 Å². The van der Waals surface area contributed by atoms with Crippen molar-refractivity contribution in [2.24, 2.45) is 0 Å². The molecule has 0 bridgehead atoms. The monoisotopic (exact) mass is 477 g/mol. The summed E-state index contributed by atoms with van der Waals surface area (Å²) in [6.45, 7) is 6.27. The number of amides is 1. The zero-order valence-electron chi connectivity index (χ0n) is 19.2. The molecule has 0 atom stereocenters. The van der Waals surface area contributed by atoms with Gasteiger partial charge in [-0.05, 0) is 68.3 Å². The van der Waals surface area contributed by atoms with Crippen molar-refractivity contribution in [3.8, 4) is 5.75 Å². The van der Waals surface area contributed by atoms with E-state index in [2.05, 4.69) is 10.4 Å². The molecule has 1 amide bonds. The Bertz CT molecular complexity index is 1330. The van der Waals surface area contributed by atoms with Crippen molar-refractivity contribution in [1.29, 1.82) is 0 Å². The van der Waals surface area contributed by atoms with Crippen molar-refractivity contribution in [2.75, 3.05) is 5.32 Å². The van der Waals surface area contributed by atoms with Gasteiger partial charge in [-0.3, -0.25) is 9.48 Å². The molecular weight excluding hydrogens is 453 g/mol. The summed E-state index contributed by atoms with van der Waals surface area (Å²) in [5.41, 5.74) is 5.02. The van der Waals surface area contributed by atoms with E-state index < -0.39 is 0 Å². The van der Waals surface area contributed by atoms with Gasteiger partial charge in [0.2, 0.25) is 0 Å². The molecular formula is C27H25ClFN3O2. The number of benzene rings is 3. The molecule has 0 spiro atoms. The molecule has 34 heavy (non-hydrogen) atoms. The molecule has 0 saturated carbocycles. The van der Waals surface area contributed by atoms with E-state index >= 15 is 0 Å². The van der Waals surface area contributed by atoms with Gasteiger partial charge in [0.15, 0.2) is 0 Å². The second-order valence-electron chi connectivity index (χ2n) is 8.15. The number of ether oxygens (including phenoxy) is 1. The normalized spacial score (nSPS) is 10.9. The maximum Gasteiger partial charge on any atom is 0.255 e. The van der Waals surface area contributed by atoms with Crippen molar-refractivity contribution in [3.05, 3.63) is 111 Å². The Morgan fingerprint density at radius 1 is 1.06 bits per heavy atom. The first kappa shape index (κ1) is 23.5. The fraction of sp³-hybridized carbons (Fsp3) is 0.185. The van der Waals surface area contributed by atoms with Crippen LogP contribution in [0.1, 0.15) is 38.4 Å². The van der Waals surface area contributed by atoms with Crippen molar-refractivity contribution in [1.82, 2.24) is 9.78 Å². The topological polar surface area (TPSA) is 56.1 Å². The van der Waals surface area contributed by atoms with Gasteiger partial charge >= 0.3 is 0 Å².